The maximum absolute atomic E-state index is 6.08. The topological polar surface area (TPSA) is 12.4 Å². The second-order valence-electron chi connectivity index (χ2n) is 4.19. The molecule has 18 heavy (non-hydrogen) atoms. The Balaban J connectivity index is 2.33. The number of hydrogen-bond acceptors (Lipinski definition) is 1. The van der Waals surface area contributed by atoms with E-state index in [-0.39, 0.29) is 0 Å². The first-order valence-corrected chi connectivity index (χ1v) is 6.47. The summed E-state index contributed by atoms with van der Waals surface area (Å²) in [5.41, 5.74) is 4.41. The van der Waals surface area contributed by atoms with Crippen LogP contribution in [0.4, 0.5) is 5.69 Å². The molecule has 0 heterocycles. The number of benzene rings is 2. The maximum atomic E-state index is 6.08. The number of rotatable bonds is 3. The second-order valence-corrected chi connectivity index (χ2v) is 4.60. The van der Waals surface area contributed by atoms with Crippen molar-refractivity contribution in [3.05, 3.63) is 64.2 Å². The molecule has 2 aromatic rings. The summed E-state index contributed by atoms with van der Waals surface area (Å²) in [6.07, 6.45) is 2.92. The maximum Gasteiger partial charge on any atom is 0.0673 e. The fourth-order valence-corrected chi connectivity index (χ4v) is 2.03. The van der Waals surface area contributed by atoms with Gasteiger partial charge in [-0.05, 0) is 42.2 Å². The molecule has 1 nitrogen and oxygen atoms in total. The van der Waals surface area contributed by atoms with Crippen molar-refractivity contribution >= 4 is 23.5 Å². The van der Waals surface area contributed by atoms with Gasteiger partial charge in [0, 0.05) is 11.2 Å². The lowest BCUT2D eigenvalue weighted by Crippen LogP contribution is -1.90. The molecule has 92 valence electrons. The van der Waals surface area contributed by atoms with Crippen molar-refractivity contribution in [2.24, 2.45) is 4.99 Å². The third kappa shape index (κ3) is 2.80. The Morgan fingerprint density at radius 3 is 2.67 bits per heavy atom. The number of aryl methyl sites for hydroxylation is 1. The van der Waals surface area contributed by atoms with Gasteiger partial charge in [0.1, 0.15) is 0 Å². The highest BCUT2D eigenvalue weighted by Gasteiger charge is 2.00. The summed E-state index contributed by atoms with van der Waals surface area (Å²) in [7, 11) is 0. The van der Waals surface area contributed by atoms with Crippen LogP contribution < -0.4 is 0 Å². The largest absolute Gasteiger partial charge is 0.256 e. The van der Waals surface area contributed by atoms with Crippen molar-refractivity contribution in [3.63, 3.8) is 0 Å². The Bertz CT molecular complexity index is 573. The van der Waals surface area contributed by atoms with Gasteiger partial charge in [-0.15, -0.1) is 0 Å². The van der Waals surface area contributed by atoms with E-state index in [0.29, 0.717) is 0 Å². The lowest BCUT2D eigenvalue weighted by molar-refractivity contribution is 1.13. The van der Waals surface area contributed by atoms with Gasteiger partial charge >= 0.3 is 0 Å². The third-order valence-electron chi connectivity index (χ3n) is 3.02. The molecule has 2 heteroatoms. The van der Waals surface area contributed by atoms with E-state index in [1.54, 1.807) is 0 Å². The molecule has 0 spiro atoms. The quantitative estimate of drug-likeness (QED) is 0.689. The first-order chi connectivity index (χ1) is 8.72. The van der Waals surface area contributed by atoms with Crippen LogP contribution in [-0.2, 0) is 6.42 Å². The molecule has 0 fully saturated rings. The zero-order chi connectivity index (χ0) is 13.0. The van der Waals surface area contributed by atoms with Crippen molar-refractivity contribution in [3.8, 4) is 0 Å². The smallest absolute Gasteiger partial charge is 0.0673 e. The molecule has 2 rings (SSSR count). The summed E-state index contributed by atoms with van der Waals surface area (Å²) in [5.74, 6) is 0. The highest BCUT2D eigenvalue weighted by molar-refractivity contribution is 6.31. The predicted octanol–water partition coefficient (Wildman–Crippen LogP) is 4.96. The van der Waals surface area contributed by atoms with Gasteiger partial charge < -0.3 is 0 Å². The van der Waals surface area contributed by atoms with E-state index in [9.17, 15) is 0 Å². The van der Waals surface area contributed by atoms with Gasteiger partial charge in [0.25, 0.3) is 0 Å². The molecular formula is C16H16ClN. The summed E-state index contributed by atoms with van der Waals surface area (Å²) < 4.78 is 0. The molecule has 0 unspecified atom stereocenters. The minimum absolute atomic E-state index is 0.758. The van der Waals surface area contributed by atoms with Crippen molar-refractivity contribution in [2.45, 2.75) is 20.3 Å². The molecular weight excluding hydrogens is 242 g/mol. The summed E-state index contributed by atoms with van der Waals surface area (Å²) in [5, 5.41) is 0.758. The predicted molar refractivity (Wildman–Crippen MR) is 79.3 cm³/mol. The van der Waals surface area contributed by atoms with Crippen LogP contribution in [0.3, 0.4) is 0 Å². The van der Waals surface area contributed by atoms with Crippen LogP contribution in [0.2, 0.25) is 5.02 Å². The SMILES string of the molecule is CCc1ccccc1C=Nc1cccc(Cl)c1C. The zero-order valence-corrected chi connectivity index (χ0v) is 11.4. The fourth-order valence-electron chi connectivity index (χ4n) is 1.86. The van der Waals surface area contributed by atoms with Crippen molar-refractivity contribution in [1.82, 2.24) is 0 Å². The standard InChI is InChI=1S/C16H16ClN/c1-3-13-7-4-5-8-14(13)11-18-16-10-6-9-15(17)12(16)2/h4-11H,3H2,1-2H3. The molecule has 0 saturated carbocycles. The van der Waals surface area contributed by atoms with Gasteiger partial charge in [0.15, 0.2) is 0 Å². The van der Waals surface area contributed by atoms with Crippen LogP contribution in [0.25, 0.3) is 0 Å². The third-order valence-corrected chi connectivity index (χ3v) is 3.43. The van der Waals surface area contributed by atoms with Gasteiger partial charge in [0.2, 0.25) is 0 Å². The summed E-state index contributed by atoms with van der Waals surface area (Å²) in [6, 6.07) is 14.1. The molecule has 0 aromatic heterocycles. The minimum Gasteiger partial charge on any atom is -0.256 e. The Morgan fingerprint density at radius 2 is 1.89 bits per heavy atom. The molecule has 0 saturated heterocycles. The zero-order valence-electron chi connectivity index (χ0n) is 10.7. The Labute approximate surface area is 113 Å². The first kappa shape index (κ1) is 12.8. The van der Waals surface area contributed by atoms with Gasteiger partial charge in [-0.1, -0.05) is 48.9 Å². The Morgan fingerprint density at radius 1 is 1.11 bits per heavy atom. The van der Waals surface area contributed by atoms with Gasteiger partial charge in [-0.25, -0.2) is 0 Å². The highest BCUT2D eigenvalue weighted by atomic mass is 35.5. The molecule has 0 radical (unpaired) electrons. The van der Waals surface area contributed by atoms with Gasteiger partial charge in [-0.2, -0.15) is 0 Å². The molecule has 0 atom stereocenters. The van der Waals surface area contributed by atoms with E-state index in [1.807, 2.05) is 37.4 Å². The van der Waals surface area contributed by atoms with Crippen molar-refractivity contribution < 1.29 is 0 Å². The van der Waals surface area contributed by atoms with E-state index < -0.39 is 0 Å². The van der Waals surface area contributed by atoms with Crippen LogP contribution in [0.1, 0.15) is 23.6 Å². The second kappa shape index (κ2) is 5.83. The first-order valence-electron chi connectivity index (χ1n) is 6.09. The van der Waals surface area contributed by atoms with E-state index in [4.69, 9.17) is 11.6 Å². The molecule has 0 bridgehead atoms. The van der Waals surface area contributed by atoms with Crippen LogP contribution in [0.5, 0.6) is 0 Å². The Kier molecular flexibility index (Phi) is 4.16. The van der Waals surface area contributed by atoms with E-state index in [0.717, 1.165) is 22.7 Å². The molecule has 0 amide bonds. The van der Waals surface area contributed by atoms with E-state index >= 15 is 0 Å². The molecule has 0 N–H and O–H groups in total. The van der Waals surface area contributed by atoms with Crippen LogP contribution in [0, 0.1) is 6.92 Å². The van der Waals surface area contributed by atoms with Crippen LogP contribution in [-0.4, -0.2) is 6.21 Å². The summed E-state index contributed by atoms with van der Waals surface area (Å²) in [6.45, 7) is 4.14. The van der Waals surface area contributed by atoms with Gasteiger partial charge in [0.05, 0.1) is 5.69 Å². The normalized spacial score (nSPS) is 11.1. The monoisotopic (exact) mass is 257 g/mol. The lowest BCUT2D eigenvalue weighted by Gasteiger charge is -2.04. The number of hydrogen-bond donors (Lipinski definition) is 0. The Hall–Kier alpha value is -1.60. The highest BCUT2D eigenvalue weighted by Crippen LogP contribution is 2.25. The molecule has 0 aliphatic heterocycles. The number of aliphatic imine (C=N–C) groups is 1. The summed E-state index contributed by atoms with van der Waals surface area (Å²) in [4.78, 5) is 4.54. The minimum atomic E-state index is 0.758. The van der Waals surface area contributed by atoms with Gasteiger partial charge in [-0.3, -0.25) is 4.99 Å². The van der Waals surface area contributed by atoms with Crippen LogP contribution in [0.15, 0.2) is 47.5 Å². The number of halogens is 1. The fraction of sp³-hybridized carbons (Fsp3) is 0.188. The average molecular weight is 258 g/mol. The lowest BCUT2D eigenvalue weighted by atomic mass is 10.1. The molecule has 0 aliphatic carbocycles. The number of nitrogens with zero attached hydrogens (tertiary/aromatic N) is 1. The van der Waals surface area contributed by atoms with E-state index in [1.165, 1.54) is 11.1 Å². The summed E-state index contributed by atoms with van der Waals surface area (Å²) >= 11 is 6.08. The van der Waals surface area contributed by atoms with E-state index in [2.05, 4.69) is 30.1 Å². The average Bonchev–Trinajstić information content (AvgIpc) is 2.41. The molecule has 2 aromatic carbocycles. The van der Waals surface area contributed by atoms with Crippen LogP contribution >= 0.6 is 11.6 Å². The molecule has 0 aliphatic rings. The van der Waals surface area contributed by atoms with Crippen molar-refractivity contribution in [1.29, 1.82) is 0 Å². The van der Waals surface area contributed by atoms with Crippen molar-refractivity contribution in [2.75, 3.05) is 0 Å².